The van der Waals surface area contributed by atoms with Crippen molar-refractivity contribution < 1.29 is 14.3 Å². The molecule has 2 saturated heterocycles. The number of rotatable bonds is 5. The molecule has 6 heteroatoms. The van der Waals surface area contributed by atoms with Gasteiger partial charge in [-0.15, -0.1) is 0 Å². The van der Waals surface area contributed by atoms with Gasteiger partial charge in [0.1, 0.15) is 6.10 Å². The number of carbonyl (C=O) groups excluding carboxylic acids is 2. The second-order valence-electron chi connectivity index (χ2n) is 7.28. The van der Waals surface area contributed by atoms with E-state index in [1.54, 1.807) is 4.90 Å². The smallest absolute Gasteiger partial charge is 0.251 e. The molecule has 6 nitrogen and oxygen atoms in total. The molecule has 3 rings (SSSR count). The van der Waals surface area contributed by atoms with Gasteiger partial charge >= 0.3 is 0 Å². The molecule has 0 spiro atoms. The number of ether oxygens (including phenoxy) is 1. The first kappa shape index (κ1) is 18.9. The van der Waals surface area contributed by atoms with Gasteiger partial charge in [0, 0.05) is 46.4 Å². The summed E-state index contributed by atoms with van der Waals surface area (Å²) in [4.78, 5) is 30.7. The van der Waals surface area contributed by atoms with Gasteiger partial charge in [-0.1, -0.05) is 24.3 Å². The highest BCUT2D eigenvalue weighted by molar-refractivity contribution is 5.81. The lowest BCUT2D eigenvalue weighted by Gasteiger charge is -2.36. The van der Waals surface area contributed by atoms with Gasteiger partial charge in [-0.05, 0) is 30.9 Å². The molecule has 2 aliphatic rings. The normalized spacial score (nSPS) is 21.0. The molecular weight excluding hydrogens is 330 g/mol. The third kappa shape index (κ3) is 4.62. The average Bonchev–Trinajstić information content (AvgIpc) is 3.18. The predicted octanol–water partition coefficient (Wildman–Crippen LogP) is 1.28. The van der Waals surface area contributed by atoms with Crippen LogP contribution in [0.3, 0.4) is 0 Å². The molecule has 0 bridgehead atoms. The molecule has 26 heavy (non-hydrogen) atoms. The molecule has 1 aromatic carbocycles. The van der Waals surface area contributed by atoms with Crippen molar-refractivity contribution in [3.63, 3.8) is 0 Å². The van der Waals surface area contributed by atoms with E-state index in [1.165, 1.54) is 11.1 Å². The molecule has 142 valence electrons. The monoisotopic (exact) mass is 359 g/mol. The topological polar surface area (TPSA) is 53.1 Å². The van der Waals surface area contributed by atoms with Gasteiger partial charge in [0.25, 0.3) is 5.91 Å². The van der Waals surface area contributed by atoms with Crippen LogP contribution in [0.4, 0.5) is 0 Å². The Balaban J connectivity index is 1.44. The number of benzene rings is 1. The quantitative estimate of drug-likeness (QED) is 0.795. The van der Waals surface area contributed by atoms with Crippen molar-refractivity contribution in [3.8, 4) is 0 Å². The van der Waals surface area contributed by atoms with E-state index < -0.39 is 0 Å². The molecule has 0 aliphatic carbocycles. The van der Waals surface area contributed by atoms with Gasteiger partial charge in [0.15, 0.2) is 0 Å². The van der Waals surface area contributed by atoms with Crippen molar-refractivity contribution in [2.24, 2.45) is 0 Å². The van der Waals surface area contributed by atoms with E-state index in [-0.39, 0.29) is 17.9 Å². The van der Waals surface area contributed by atoms with Crippen LogP contribution in [0.5, 0.6) is 0 Å². The summed E-state index contributed by atoms with van der Waals surface area (Å²) in [5, 5.41) is 0. The largest absolute Gasteiger partial charge is 0.368 e. The molecule has 0 N–H and O–H groups in total. The molecular formula is C20H29N3O3. The molecule has 1 aromatic rings. The number of aryl methyl sites for hydroxylation is 1. The Kier molecular flexibility index (Phi) is 6.27. The van der Waals surface area contributed by atoms with Crippen molar-refractivity contribution in [3.05, 3.63) is 35.4 Å². The van der Waals surface area contributed by atoms with E-state index in [0.717, 1.165) is 25.9 Å². The summed E-state index contributed by atoms with van der Waals surface area (Å²) in [6.45, 7) is 6.62. The number of amides is 2. The molecule has 0 radical (unpaired) electrons. The molecule has 1 atom stereocenters. The second-order valence-corrected chi connectivity index (χ2v) is 7.28. The maximum Gasteiger partial charge on any atom is 0.251 e. The lowest BCUT2D eigenvalue weighted by Crippen LogP contribution is -2.53. The first-order valence-electron chi connectivity index (χ1n) is 9.46. The van der Waals surface area contributed by atoms with E-state index in [2.05, 4.69) is 24.0 Å². The van der Waals surface area contributed by atoms with Crippen LogP contribution in [0.15, 0.2) is 24.3 Å². The fourth-order valence-electron chi connectivity index (χ4n) is 3.55. The molecule has 0 aromatic heterocycles. The van der Waals surface area contributed by atoms with E-state index in [4.69, 9.17) is 4.74 Å². The molecule has 0 saturated carbocycles. The van der Waals surface area contributed by atoms with Crippen LogP contribution in [-0.4, -0.2) is 79.0 Å². The highest BCUT2D eigenvalue weighted by Crippen LogP contribution is 2.16. The van der Waals surface area contributed by atoms with Gasteiger partial charge < -0.3 is 14.5 Å². The van der Waals surface area contributed by atoms with E-state index in [9.17, 15) is 9.59 Å². The van der Waals surface area contributed by atoms with Crippen LogP contribution >= 0.6 is 0 Å². The summed E-state index contributed by atoms with van der Waals surface area (Å²) in [5.41, 5.74) is 2.38. The van der Waals surface area contributed by atoms with Crippen LogP contribution < -0.4 is 0 Å². The molecule has 2 fully saturated rings. The van der Waals surface area contributed by atoms with Crippen molar-refractivity contribution >= 4 is 11.8 Å². The molecule has 2 heterocycles. The minimum atomic E-state index is -0.247. The first-order valence-corrected chi connectivity index (χ1v) is 9.46. The van der Waals surface area contributed by atoms with Crippen molar-refractivity contribution in [2.45, 2.75) is 32.4 Å². The van der Waals surface area contributed by atoms with Crippen LogP contribution in [-0.2, 0) is 20.9 Å². The Hall–Kier alpha value is -1.92. The SMILES string of the molecule is Cc1ccccc1CN(C)C(=O)CN1CCN(C(=O)C2CCCO2)CC1. The number of likely N-dealkylation sites (N-methyl/N-ethyl adjacent to an activating group) is 1. The number of carbonyl (C=O) groups is 2. The maximum absolute atomic E-state index is 12.5. The molecule has 2 aliphatic heterocycles. The Labute approximate surface area is 155 Å². The highest BCUT2D eigenvalue weighted by Gasteiger charge is 2.30. The zero-order valence-corrected chi connectivity index (χ0v) is 15.8. The summed E-state index contributed by atoms with van der Waals surface area (Å²) >= 11 is 0. The Morgan fingerprint density at radius 3 is 2.58 bits per heavy atom. The van der Waals surface area contributed by atoms with Gasteiger partial charge in [-0.3, -0.25) is 14.5 Å². The third-order valence-corrected chi connectivity index (χ3v) is 5.34. The summed E-state index contributed by atoms with van der Waals surface area (Å²) in [5.74, 6) is 0.234. The van der Waals surface area contributed by atoms with Gasteiger partial charge in [-0.2, -0.15) is 0 Å². The van der Waals surface area contributed by atoms with Gasteiger partial charge in [0.05, 0.1) is 6.54 Å². The minimum absolute atomic E-state index is 0.116. The molecule has 1 unspecified atom stereocenters. The number of piperazine rings is 1. The molecule has 2 amide bonds. The van der Waals surface area contributed by atoms with E-state index >= 15 is 0 Å². The third-order valence-electron chi connectivity index (χ3n) is 5.34. The predicted molar refractivity (Wildman–Crippen MR) is 99.6 cm³/mol. The summed E-state index contributed by atoms with van der Waals surface area (Å²) < 4.78 is 5.49. The number of hydrogen-bond acceptors (Lipinski definition) is 4. The zero-order chi connectivity index (χ0) is 18.5. The lowest BCUT2D eigenvalue weighted by atomic mass is 10.1. The summed E-state index contributed by atoms with van der Waals surface area (Å²) in [6.07, 6.45) is 1.56. The van der Waals surface area contributed by atoms with Crippen molar-refractivity contribution in [1.82, 2.24) is 14.7 Å². The van der Waals surface area contributed by atoms with E-state index in [0.29, 0.717) is 32.8 Å². The average molecular weight is 359 g/mol. The van der Waals surface area contributed by atoms with Crippen LogP contribution in [0.1, 0.15) is 24.0 Å². The van der Waals surface area contributed by atoms with Crippen LogP contribution in [0.2, 0.25) is 0 Å². The zero-order valence-electron chi connectivity index (χ0n) is 15.8. The van der Waals surface area contributed by atoms with Crippen LogP contribution in [0.25, 0.3) is 0 Å². The Morgan fingerprint density at radius 1 is 1.19 bits per heavy atom. The Bertz CT molecular complexity index is 635. The van der Waals surface area contributed by atoms with Crippen molar-refractivity contribution in [2.75, 3.05) is 46.4 Å². The van der Waals surface area contributed by atoms with Gasteiger partial charge in [0.2, 0.25) is 5.91 Å². The summed E-state index contributed by atoms with van der Waals surface area (Å²) in [7, 11) is 1.85. The fourth-order valence-corrected chi connectivity index (χ4v) is 3.55. The standard InChI is InChI=1S/C20H29N3O3/c1-16-6-3-4-7-17(16)14-21(2)19(24)15-22-9-11-23(12-10-22)20(25)18-8-5-13-26-18/h3-4,6-7,18H,5,8-15H2,1-2H3. The van der Waals surface area contributed by atoms with Crippen LogP contribution in [0, 0.1) is 6.92 Å². The first-order chi connectivity index (χ1) is 12.5. The van der Waals surface area contributed by atoms with Gasteiger partial charge in [-0.25, -0.2) is 0 Å². The second kappa shape index (κ2) is 8.64. The summed E-state index contributed by atoms with van der Waals surface area (Å²) in [6, 6.07) is 8.15. The fraction of sp³-hybridized carbons (Fsp3) is 0.600. The minimum Gasteiger partial charge on any atom is -0.368 e. The number of hydrogen-bond donors (Lipinski definition) is 0. The Morgan fingerprint density at radius 2 is 1.92 bits per heavy atom. The van der Waals surface area contributed by atoms with E-state index in [1.807, 2.05) is 24.1 Å². The van der Waals surface area contributed by atoms with Crippen molar-refractivity contribution in [1.29, 1.82) is 0 Å². The highest BCUT2D eigenvalue weighted by atomic mass is 16.5. The maximum atomic E-state index is 12.5. The lowest BCUT2D eigenvalue weighted by molar-refractivity contribution is -0.143. The number of nitrogens with zero attached hydrogens (tertiary/aromatic N) is 3.